The Balaban J connectivity index is 1.60. The molecular weight excluding hydrogens is 452 g/mol. The van der Waals surface area contributed by atoms with Gasteiger partial charge >= 0.3 is 5.97 Å². The van der Waals surface area contributed by atoms with Gasteiger partial charge in [-0.15, -0.1) is 11.3 Å². The monoisotopic (exact) mass is 478 g/mol. The standard InChI is InChI=1S/C26H26N2O5S/c1-18(29)27-15-14-21-12-13-24(34-21)23(30)17-33-26(32)22(16-19-8-4-2-5-9-19)28-25(31)20-10-6-3-7-11-20/h2-13,22H,14-17H2,1H3,(H,27,29)(H,28,31). The van der Waals surface area contributed by atoms with Crippen molar-refractivity contribution in [3.8, 4) is 0 Å². The van der Waals surface area contributed by atoms with Gasteiger partial charge in [0.15, 0.2) is 6.61 Å². The van der Waals surface area contributed by atoms with Gasteiger partial charge in [0.1, 0.15) is 6.04 Å². The van der Waals surface area contributed by atoms with Crippen LogP contribution in [0.2, 0.25) is 0 Å². The number of Topliss-reactive ketones (excluding diaryl/α,β-unsaturated/α-hetero) is 1. The summed E-state index contributed by atoms with van der Waals surface area (Å²) in [5, 5.41) is 5.44. The molecule has 2 aromatic carbocycles. The van der Waals surface area contributed by atoms with Gasteiger partial charge in [-0.1, -0.05) is 48.5 Å². The van der Waals surface area contributed by atoms with Crippen LogP contribution < -0.4 is 10.6 Å². The van der Waals surface area contributed by atoms with Crippen LogP contribution in [0.4, 0.5) is 0 Å². The van der Waals surface area contributed by atoms with Crippen molar-refractivity contribution in [2.45, 2.75) is 25.8 Å². The van der Waals surface area contributed by atoms with Gasteiger partial charge in [-0.2, -0.15) is 0 Å². The highest BCUT2D eigenvalue weighted by Crippen LogP contribution is 2.18. The normalized spacial score (nSPS) is 11.3. The van der Waals surface area contributed by atoms with Crippen LogP contribution in [-0.4, -0.2) is 42.8 Å². The van der Waals surface area contributed by atoms with Crippen molar-refractivity contribution in [3.63, 3.8) is 0 Å². The molecule has 2 N–H and O–H groups in total. The van der Waals surface area contributed by atoms with Crippen molar-refractivity contribution in [1.29, 1.82) is 0 Å². The molecule has 0 radical (unpaired) electrons. The summed E-state index contributed by atoms with van der Waals surface area (Å²) < 4.78 is 5.30. The minimum absolute atomic E-state index is 0.107. The highest BCUT2D eigenvalue weighted by atomic mass is 32.1. The Hall–Kier alpha value is -3.78. The molecule has 0 fully saturated rings. The number of thiophene rings is 1. The molecule has 0 saturated heterocycles. The van der Waals surface area contributed by atoms with E-state index in [0.717, 1.165) is 10.4 Å². The van der Waals surface area contributed by atoms with E-state index in [1.165, 1.54) is 18.3 Å². The summed E-state index contributed by atoms with van der Waals surface area (Å²) in [4.78, 5) is 50.4. The number of rotatable bonds is 11. The van der Waals surface area contributed by atoms with Crippen LogP contribution in [0.25, 0.3) is 0 Å². The largest absolute Gasteiger partial charge is 0.456 e. The number of nitrogens with one attached hydrogen (secondary N) is 2. The maximum Gasteiger partial charge on any atom is 0.329 e. The van der Waals surface area contributed by atoms with Gasteiger partial charge in [0.2, 0.25) is 11.7 Å². The van der Waals surface area contributed by atoms with Crippen molar-refractivity contribution in [2.24, 2.45) is 0 Å². The lowest BCUT2D eigenvalue weighted by Gasteiger charge is -2.18. The molecule has 176 valence electrons. The van der Waals surface area contributed by atoms with Crippen LogP contribution in [0.5, 0.6) is 0 Å². The molecule has 8 heteroatoms. The third-order valence-electron chi connectivity index (χ3n) is 4.94. The lowest BCUT2D eigenvalue weighted by Crippen LogP contribution is -2.43. The van der Waals surface area contributed by atoms with E-state index in [4.69, 9.17) is 4.74 Å². The van der Waals surface area contributed by atoms with Crippen molar-refractivity contribution in [3.05, 3.63) is 93.7 Å². The van der Waals surface area contributed by atoms with E-state index in [0.29, 0.717) is 23.4 Å². The van der Waals surface area contributed by atoms with Crippen LogP contribution in [-0.2, 0) is 27.2 Å². The van der Waals surface area contributed by atoms with E-state index in [-0.39, 0.29) is 18.1 Å². The molecule has 1 aromatic heterocycles. The molecule has 2 amide bonds. The summed E-state index contributed by atoms with van der Waals surface area (Å²) in [5.41, 5.74) is 1.28. The first-order chi connectivity index (χ1) is 16.4. The first kappa shape index (κ1) is 24.9. The lowest BCUT2D eigenvalue weighted by molar-refractivity contribution is -0.144. The highest BCUT2D eigenvalue weighted by molar-refractivity contribution is 7.14. The minimum Gasteiger partial charge on any atom is -0.456 e. The number of esters is 1. The molecule has 0 aliphatic rings. The molecule has 0 aliphatic heterocycles. The molecular formula is C26H26N2O5S. The predicted octanol–water partition coefficient (Wildman–Crippen LogP) is 3.19. The second kappa shape index (κ2) is 12.5. The Bertz CT molecular complexity index is 1130. The van der Waals surface area contributed by atoms with Gasteiger partial charge in [0.05, 0.1) is 4.88 Å². The van der Waals surface area contributed by atoms with Gasteiger partial charge in [0, 0.05) is 30.3 Å². The van der Waals surface area contributed by atoms with Crippen LogP contribution in [0, 0.1) is 0 Å². The molecule has 0 spiro atoms. The van der Waals surface area contributed by atoms with E-state index in [9.17, 15) is 19.2 Å². The number of carbonyl (C=O) groups excluding carboxylic acids is 4. The Kier molecular flexibility index (Phi) is 9.11. The fraction of sp³-hybridized carbons (Fsp3) is 0.231. The van der Waals surface area contributed by atoms with Crippen molar-refractivity contribution in [1.82, 2.24) is 10.6 Å². The number of hydrogen-bond acceptors (Lipinski definition) is 6. The molecule has 0 bridgehead atoms. The fourth-order valence-corrected chi connectivity index (χ4v) is 4.14. The maximum absolute atomic E-state index is 12.8. The molecule has 7 nitrogen and oxygen atoms in total. The second-order valence-electron chi connectivity index (χ2n) is 7.61. The van der Waals surface area contributed by atoms with Gasteiger partial charge in [-0.3, -0.25) is 14.4 Å². The first-order valence-corrected chi connectivity index (χ1v) is 11.7. The lowest BCUT2D eigenvalue weighted by atomic mass is 10.1. The highest BCUT2D eigenvalue weighted by Gasteiger charge is 2.24. The number of carbonyl (C=O) groups is 4. The van der Waals surface area contributed by atoms with E-state index in [1.54, 1.807) is 36.4 Å². The van der Waals surface area contributed by atoms with Gasteiger partial charge in [0.25, 0.3) is 5.91 Å². The van der Waals surface area contributed by atoms with Gasteiger partial charge < -0.3 is 15.4 Å². The molecule has 3 aromatic rings. The second-order valence-corrected chi connectivity index (χ2v) is 8.78. The minimum atomic E-state index is -0.945. The van der Waals surface area contributed by atoms with E-state index in [1.807, 2.05) is 36.4 Å². The van der Waals surface area contributed by atoms with Gasteiger partial charge in [-0.25, -0.2) is 4.79 Å². The summed E-state index contributed by atoms with van der Waals surface area (Å²) in [6.45, 7) is 1.52. The Labute approximate surface area is 202 Å². The Morgan fingerprint density at radius 1 is 0.912 bits per heavy atom. The first-order valence-electron chi connectivity index (χ1n) is 10.8. The van der Waals surface area contributed by atoms with Crippen LogP contribution >= 0.6 is 11.3 Å². The molecule has 1 heterocycles. The molecule has 0 saturated carbocycles. The summed E-state index contributed by atoms with van der Waals surface area (Å²) in [7, 11) is 0. The summed E-state index contributed by atoms with van der Waals surface area (Å²) >= 11 is 1.30. The fourth-order valence-electron chi connectivity index (χ4n) is 3.21. The van der Waals surface area contributed by atoms with Crippen molar-refractivity contribution < 1.29 is 23.9 Å². The molecule has 0 aliphatic carbocycles. The molecule has 1 atom stereocenters. The van der Waals surface area contributed by atoms with Crippen LogP contribution in [0.3, 0.4) is 0 Å². The summed E-state index contributed by atoms with van der Waals surface area (Å²) in [6.07, 6.45) is 0.848. The molecule has 1 unspecified atom stereocenters. The van der Waals surface area contributed by atoms with E-state index in [2.05, 4.69) is 10.6 Å². The topological polar surface area (TPSA) is 102 Å². The number of hydrogen-bond donors (Lipinski definition) is 2. The average molecular weight is 479 g/mol. The number of ketones is 1. The number of amides is 2. The third kappa shape index (κ3) is 7.67. The SMILES string of the molecule is CC(=O)NCCc1ccc(C(=O)COC(=O)C(Cc2ccccc2)NC(=O)c2ccccc2)s1. The Morgan fingerprint density at radius 3 is 2.26 bits per heavy atom. The van der Waals surface area contributed by atoms with Crippen LogP contribution in [0.15, 0.2) is 72.8 Å². The van der Waals surface area contributed by atoms with E-state index < -0.39 is 24.5 Å². The average Bonchev–Trinajstić information content (AvgIpc) is 3.32. The zero-order valence-corrected chi connectivity index (χ0v) is 19.6. The zero-order valence-electron chi connectivity index (χ0n) is 18.8. The summed E-state index contributed by atoms with van der Waals surface area (Å²) in [6, 6.07) is 20.4. The summed E-state index contributed by atoms with van der Waals surface area (Å²) in [5.74, 6) is -1.50. The zero-order chi connectivity index (χ0) is 24.3. The smallest absolute Gasteiger partial charge is 0.329 e. The quantitative estimate of drug-likeness (QED) is 0.326. The molecule has 3 rings (SSSR count). The number of ether oxygens (including phenoxy) is 1. The Morgan fingerprint density at radius 2 is 1.59 bits per heavy atom. The molecule has 34 heavy (non-hydrogen) atoms. The van der Waals surface area contributed by atoms with Gasteiger partial charge in [-0.05, 0) is 36.2 Å². The third-order valence-corrected chi connectivity index (χ3v) is 6.12. The van der Waals surface area contributed by atoms with Crippen molar-refractivity contribution in [2.75, 3.05) is 13.2 Å². The predicted molar refractivity (Wildman–Crippen MR) is 130 cm³/mol. The number of benzene rings is 2. The van der Waals surface area contributed by atoms with Crippen molar-refractivity contribution >= 4 is 34.9 Å². The van der Waals surface area contributed by atoms with Crippen LogP contribution in [0.1, 0.15) is 37.4 Å². The van der Waals surface area contributed by atoms with E-state index >= 15 is 0 Å². The maximum atomic E-state index is 12.8.